The van der Waals surface area contributed by atoms with Crippen molar-refractivity contribution in [2.75, 3.05) is 24.6 Å². The van der Waals surface area contributed by atoms with Gasteiger partial charge >= 0.3 is 0 Å². The van der Waals surface area contributed by atoms with Gasteiger partial charge in [-0.05, 0) is 62.5 Å². The highest BCUT2D eigenvalue weighted by atomic mass is 16.5. The molecule has 0 saturated carbocycles. The maximum Gasteiger partial charge on any atom is 0.251 e. The number of anilines is 1. The first-order chi connectivity index (χ1) is 13.1. The molecule has 2 heterocycles. The maximum atomic E-state index is 12.9. The summed E-state index contributed by atoms with van der Waals surface area (Å²) in [4.78, 5) is 28.9. The summed E-state index contributed by atoms with van der Waals surface area (Å²) in [6.45, 7) is 6.96. The molecule has 27 heavy (non-hydrogen) atoms. The molecule has 2 saturated heterocycles. The molecule has 5 heteroatoms. The van der Waals surface area contributed by atoms with Gasteiger partial charge in [-0.15, -0.1) is 0 Å². The number of piperidine rings is 1. The Bertz CT molecular complexity index is 635. The Kier molecular flexibility index (Phi) is 6.89. The second kappa shape index (κ2) is 9.36. The molecule has 3 rings (SSSR count). The van der Waals surface area contributed by atoms with Crippen LogP contribution < -0.4 is 9.64 Å². The van der Waals surface area contributed by atoms with Crippen LogP contribution in [0.4, 0.5) is 5.69 Å². The molecule has 0 unspecified atom stereocenters. The number of hydrogen-bond donors (Lipinski definition) is 0. The topological polar surface area (TPSA) is 49.9 Å². The van der Waals surface area contributed by atoms with Crippen molar-refractivity contribution < 1.29 is 14.3 Å². The number of hydrogen-bond acceptors (Lipinski definition) is 4. The van der Waals surface area contributed by atoms with Crippen molar-refractivity contribution >= 4 is 17.5 Å². The molecule has 2 aliphatic heterocycles. The molecule has 1 aromatic carbocycles. The lowest BCUT2D eigenvalue weighted by molar-refractivity contribution is -0.123. The van der Waals surface area contributed by atoms with Gasteiger partial charge in [-0.25, -0.2) is 4.90 Å². The monoisotopic (exact) mass is 372 g/mol. The van der Waals surface area contributed by atoms with E-state index in [1.807, 2.05) is 24.3 Å². The third-order valence-corrected chi connectivity index (χ3v) is 5.74. The number of rotatable bonds is 8. The Hall–Kier alpha value is -1.88. The SMILES string of the molecule is CCCCCCOc1ccc(N2C(=O)C[C@H](N3CCC(C)CC3)C2=O)cc1. The summed E-state index contributed by atoms with van der Waals surface area (Å²) in [6.07, 6.45) is 7.17. The molecule has 2 aliphatic rings. The van der Waals surface area contributed by atoms with Gasteiger partial charge in [0, 0.05) is 0 Å². The Balaban J connectivity index is 1.57. The number of ether oxygens (including phenoxy) is 1. The molecule has 0 N–H and O–H groups in total. The van der Waals surface area contributed by atoms with Gasteiger partial charge in [-0.3, -0.25) is 14.5 Å². The van der Waals surface area contributed by atoms with E-state index in [2.05, 4.69) is 18.7 Å². The molecule has 2 amide bonds. The molecule has 5 nitrogen and oxygen atoms in total. The van der Waals surface area contributed by atoms with Crippen LogP contribution in [0.2, 0.25) is 0 Å². The Morgan fingerprint density at radius 1 is 1.04 bits per heavy atom. The number of imide groups is 1. The van der Waals surface area contributed by atoms with Gasteiger partial charge in [0.05, 0.1) is 24.8 Å². The van der Waals surface area contributed by atoms with E-state index in [1.54, 1.807) is 0 Å². The quantitative estimate of drug-likeness (QED) is 0.511. The van der Waals surface area contributed by atoms with E-state index in [1.165, 1.54) is 24.2 Å². The van der Waals surface area contributed by atoms with Crippen molar-refractivity contribution in [3.05, 3.63) is 24.3 Å². The number of benzene rings is 1. The number of amides is 2. The summed E-state index contributed by atoms with van der Waals surface area (Å²) in [5.41, 5.74) is 0.649. The zero-order valence-electron chi connectivity index (χ0n) is 16.7. The van der Waals surface area contributed by atoms with Crippen LogP contribution in [0, 0.1) is 5.92 Å². The van der Waals surface area contributed by atoms with Crippen molar-refractivity contribution in [2.45, 2.75) is 64.8 Å². The fraction of sp³-hybridized carbons (Fsp3) is 0.636. The van der Waals surface area contributed by atoms with E-state index >= 15 is 0 Å². The number of carbonyl (C=O) groups is 2. The van der Waals surface area contributed by atoms with Crippen molar-refractivity contribution in [1.82, 2.24) is 4.90 Å². The molecular weight excluding hydrogens is 340 g/mol. The zero-order chi connectivity index (χ0) is 19.2. The molecule has 0 aromatic heterocycles. The second-order valence-electron chi connectivity index (χ2n) is 7.91. The molecule has 1 atom stereocenters. The Morgan fingerprint density at radius 3 is 2.41 bits per heavy atom. The lowest BCUT2D eigenvalue weighted by Gasteiger charge is -2.33. The first-order valence-electron chi connectivity index (χ1n) is 10.4. The van der Waals surface area contributed by atoms with Gasteiger partial charge in [0.25, 0.3) is 5.91 Å². The third kappa shape index (κ3) is 4.89. The summed E-state index contributed by atoms with van der Waals surface area (Å²) in [5.74, 6) is 1.31. The zero-order valence-corrected chi connectivity index (χ0v) is 16.7. The van der Waals surface area contributed by atoms with Crippen molar-refractivity contribution in [3.8, 4) is 5.75 Å². The van der Waals surface area contributed by atoms with Crippen LogP contribution >= 0.6 is 0 Å². The molecule has 0 radical (unpaired) electrons. The van der Waals surface area contributed by atoms with E-state index < -0.39 is 0 Å². The number of carbonyl (C=O) groups excluding carboxylic acids is 2. The van der Waals surface area contributed by atoms with Gasteiger partial charge in [0.15, 0.2) is 0 Å². The van der Waals surface area contributed by atoms with Crippen molar-refractivity contribution in [1.29, 1.82) is 0 Å². The van der Waals surface area contributed by atoms with Crippen LogP contribution in [-0.4, -0.2) is 42.5 Å². The van der Waals surface area contributed by atoms with Crippen LogP contribution in [0.25, 0.3) is 0 Å². The van der Waals surface area contributed by atoms with E-state index in [0.717, 1.165) is 38.1 Å². The van der Waals surface area contributed by atoms with Gasteiger partial charge < -0.3 is 4.74 Å². The summed E-state index contributed by atoms with van der Waals surface area (Å²) < 4.78 is 5.75. The molecule has 0 bridgehead atoms. The number of nitrogens with zero attached hydrogens (tertiary/aromatic N) is 2. The molecule has 1 aromatic rings. The first-order valence-corrected chi connectivity index (χ1v) is 10.4. The highest BCUT2D eigenvalue weighted by Gasteiger charge is 2.43. The van der Waals surface area contributed by atoms with Crippen molar-refractivity contribution in [3.63, 3.8) is 0 Å². The lowest BCUT2D eigenvalue weighted by atomic mass is 9.97. The summed E-state index contributed by atoms with van der Waals surface area (Å²) >= 11 is 0. The average Bonchev–Trinajstić information content (AvgIpc) is 2.97. The molecule has 0 aliphatic carbocycles. The van der Waals surface area contributed by atoms with E-state index in [-0.39, 0.29) is 17.9 Å². The third-order valence-electron chi connectivity index (χ3n) is 5.74. The van der Waals surface area contributed by atoms with Gasteiger partial charge in [0.1, 0.15) is 5.75 Å². The Labute approximate surface area is 162 Å². The standard InChI is InChI=1S/C22H32N2O3/c1-3-4-5-6-15-27-19-9-7-18(8-10-19)24-21(25)16-20(22(24)26)23-13-11-17(2)12-14-23/h7-10,17,20H,3-6,11-16H2,1-2H3/t20-/m0/s1. The second-order valence-corrected chi connectivity index (χ2v) is 7.91. The van der Waals surface area contributed by atoms with E-state index in [4.69, 9.17) is 4.74 Å². The summed E-state index contributed by atoms with van der Waals surface area (Å²) in [7, 11) is 0. The molecule has 2 fully saturated rings. The molecular formula is C22H32N2O3. The highest BCUT2D eigenvalue weighted by Crippen LogP contribution is 2.29. The summed E-state index contributed by atoms with van der Waals surface area (Å²) in [6, 6.07) is 7.05. The van der Waals surface area contributed by atoms with Gasteiger partial charge in [0.2, 0.25) is 5.91 Å². The molecule has 0 spiro atoms. The van der Waals surface area contributed by atoms with Crippen LogP contribution in [0.15, 0.2) is 24.3 Å². The fourth-order valence-corrected chi connectivity index (χ4v) is 3.92. The van der Waals surface area contributed by atoms with E-state index in [9.17, 15) is 9.59 Å². The summed E-state index contributed by atoms with van der Waals surface area (Å²) in [5, 5.41) is 0. The smallest absolute Gasteiger partial charge is 0.251 e. The predicted molar refractivity (Wildman–Crippen MR) is 107 cm³/mol. The van der Waals surface area contributed by atoms with E-state index in [0.29, 0.717) is 24.6 Å². The van der Waals surface area contributed by atoms with Crippen LogP contribution in [0.3, 0.4) is 0 Å². The average molecular weight is 373 g/mol. The largest absolute Gasteiger partial charge is 0.494 e. The van der Waals surface area contributed by atoms with Crippen LogP contribution in [0.5, 0.6) is 5.75 Å². The fourth-order valence-electron chi connectivity index (χ4n) is 3.92. The van der Waals surface area contributed by atoms with Gasteiger partial charge in [-0.2, -0.15) is 0 Å². The lowest BCUT2D eigenvalue weighted by Crippen LogP contribution is -2.45. The van der Waals surface area contributed by atoms with Crippen LogP contribution in [-0.2, 0) is 9.59 Å². The van der Waals surface area contributed by atoms with Crippen LogP contribution in [0.1, 0.15) is 58.8 Å². The maximum absolute atomic E-state index is 12.9. The number of likely N-dealkylation sites (tertiary alicyclic amines) is 1. The normalized spacial score (nSPS) is 21.9. The van der Waals surface area contributed by atoms with Crippen molar-refractivity contribution in [2.24, 2.45) is 5.92 Å². The minimum absolute atomic E-state index is 0.0808. The Morgan fingerprint density at radius 2 is 1.74 bits per heavy atom. The highest BCUT2D eigenvalue weighted by molar-refractivity contribution is 6.22. The first kappa shape index (κ1) is 19.9. The minimum atomic E-state index is -0.292. The minimum Gasteiger partial charge on any atom is -0.494 e. The number of unbranched alkanes of at least 4 members (excludes halogenated alkanes) is 3. The molecule has 148 valence electrons. The predicted octanol–water partition coefficient (Wildman–Crippen LogP) is 4.01. The van der Waals surface area contributed by atoms with Gasteiger partial charge in [-0.1, -0.05) is 33.1 Å².